The summed E-state index contributed by atoms with van der Waals surface area (Å²) < 4.78 is 6.88. The maximum atomic E-state index is 5.74. The van der Waals surface area contributed by atoms with Crippen molar-refractivity contribution in [2.24, 2.45) is 0 Å². The number of aryl methyl sites for hydroxylation is 1. The van der Waals surface area contributed by atoms with E-state index in [-0.39, 0.29) is 0 Å². The minimum atomic E-state index is 0.808. The molecule has 2 aromatic rings. The smallest absolute Gasteiger partial charge is 0.127 e. The monoisotopic (exact) mass is 337 g/mol. The molecule has 0 atom stereocenters. The topological polar surface area (TPSA) is 21.3 Å². The first-order chi connectivity index (χ1) is 9.24. The van der Waals surface area contributed by atoms with E-state index in [1.54, 1.807) is 11.3 Å². The second-order valence-corrected chi connectivity index (χ2v) is 6.49. The predicted octanol–water partition coefficient (Wildman–Crippen LogP) is 4.04. The van der Waals surface area contributed by atoms with Gasteiger partial charge in [-0.05, 0) is 46.5 Å². The number of hydrogen-bond acceptors (Lipinski definition) is 3. The zero-order valence-electron chi connectivity index (χ0n) is 10.8. The molecule has 1 aliphatic heterocycles. The molecule has 1 aliphatic rings. The van der Waals surface area contributed by atoms with Crippen LogP contribution in [0.4, 0.5) is 0 Å². The molecule has 0 bridgehead atoms. The van der Waals surface area contributed by atoms with E-state index in [1.165, 1.54) is 22.3 Å². The molecule has 1 aromatic carbocycles. The molecular formula is C15H16BrNOS. The summed E-state index contributed by atoms with van der Waals surface area (Å²) in [6.07, 6.45) is 1.02. The lowest BCUT2D eigenvalue weighted by Gasteiger charge is -2.10. The van der Waals surface area contributed by atoms with Gasteiger partial charge in [0, 0.05) is 29.5 Å². The van der Waals surface area contributed by atoms with Gasteiger partial charge in [0.25, 0.3) is 0 Å². The zero-order valence-corrected chi connectivity index (χ0v) is 13.2. The van der Waals surface area contributed by atoms with Crippen LogP contribution < -0.4 is 10.1 Å². The molecule has 2 heterocycles. The summed E-state index contributed by atoms with van der Waals surface area (Å²) >= 11 is 5.34. The molecule has 0 saturated carbocycles. The first-order valence-corrected chi connectivity index (χ1v) is 8.14. The summed E-state index contributed by atoms with van der Waals surface area (Å²) in [5.41, 5.74) is 5.32. The van der Waals surface area contributed by atoms with Gasteiger partial charge < -0.3 is 10.1 Å². The average molecular weight is 338 g/mol. The Balaban J connectivity index is 1.69. The van der Waals surface area contributed by atoms with E-state index in [0.717, 1.165) is 36.3 Å². The molecule has 100 valence electrons. The summed E-state index contributed by atoms with van der Waals surface area (Å²) in [6, 6.07) is 4.31. The van der Waals surface area contributed by atoms with Crippen molar-refractivity contribution in [1.29, 1.82) is 0 Å². The minimum Gasteiger partial charge on any atom is -0.493 e. The predicted molar refractivity (Wildman–Crippen MR) is 82.9 cm³/mol. The summed E-state index contributed by atoms with van der Waals surface area (Å²) in [5, 5.41) is 7.91. The molecule has 2 nitrogen and oxygen atoms in total. The second-order valence-electron chi connectivity index (χ2n) is 4.84. The quantitative estimate of drug-likeness (QED) is 0.908. The molecule has 1 N–H and O–H groups in total. The minimum absolute atomic E-state index is 0.808. The van der Waals surface area contributed by atoms with Gasteiger partial charge in [0.05, 0.1) is 6.61 Å². The van der Waals surface area contributed by atoms with E-state index < -0.39 is 0 Å². The van der Waals surface area contributed by atoms with Gasteiger partial charge in [-0.3, -0.25) is 0 Å². The molecule has 0 radical (unpaired) electrons. The van der Waals surface area contributed by atoms with Crippen LogP contribution in [0.25, 0.3) is 0 Å². The van der Waals surface area contributed by atoms with Crippen LogP contribution in [0.3, 0.4) is 0 Å². The standard InChI is InChI=1S/C15H16BrNOS/c1-10-8-19-9-13(10)7-17-6-12-5-14(16)4-11-2-3-18-15(11)12/h4-5,8-9,17H,2-3,6-7H2,1H3. The molecule has 0 aliphatic carbocycles. The lowest BCUT2D eigenvalue weighted by Crippen LogP contribution is -2.13. The lowest BCUT2D eigenvalue weighted by atomic mass is 10.1. The number of hydrogen-bond donors (Lipinski definition) is 1. The number of halogens is 1. The van der Waals surface area contributed by atoms with Crippen LogP contribution in [-0.4, -0.2) is 6.61 Å². The molecule has 3 rings (SSSR count). The van der Waals surface area contributed by atoms with Gasteiger partial charge in [0.1, 0.15) is 5.75 Å². The fraction of sp³-hybridized carbons (Fsp3) is 0.333. The summed E-state index contributed by atoms with van der Waals surface area (Å²) in [6.45, 7) is 4.73. The highest BCUT2D eigenvalue weighted by molar-refractivity contribution is 9.10. The number of fused-ring (bicyclic) bond motifs is 1. The van der Waals surface area contributed by atoms with E-state index in [0.29, 0.717) is 0 Å². The molecule has 0 unspecified atom stereocenters. The van der Waals surface area contributed by atoms with Crippen molar-refractivity contribution in [3.05, 3.63) is 49.6 Å². The Bertz CT molecular complexity index is 594. The Morgan fingerprint density at radius 3 is 2.89 bits per heavy atom. The summed E-state index contributed by atoms with van der Waals surface area (Å²) in [7, 11) is 0. The molecule has 4 heteroatoms. The number of nitrogens with one attached hydrogen (secondary N) is 1. The maximum Gasteiger partial charge on any atom is 0.127 e. The Kier molecular flexibility index (Phi) is 3.91. The second kappa shape index (κ2) is 5.65. The van der Waals surface area contributed by atoms with Crippen molar-refractivity contribution in [3.63, 3.8) is 0 Å². The maximum absolute atomic E-state index is 5.74. The van der Waals surface area contributed by atoms with Gasteiger partial charge in [0.15, 0.2) is 0 Å². The van der Waals surface area contributed by atoms with Crippen LogP contribution in [-0.2, 0) is 19.5 Å². The first-order valence-electron chi connectivity index (χ1n) is 6.40. The van der Waals surface area contributed by atoms with E-state index in [1.807, 2.05) is 0 Å². The average Bonchev–Trinajstić information content (AvgIpc) is 2.98. The van der Waals surface area contributed by atoms with Crippen molar-refractivity contribution in [3.8, 4) is 5.75 Å². The SMILES string of the molecule is Cc1cscc1CNCc1cc(Br)cc2c1OCC2. The van der Waals surface area contributed by atoms with Crippen molar-refractivity contribution in [1.82, 2.24) is 5.32 Å². The first kappa shape index (κ1) is 13.2. The highest BCUT2D eigenvalue weighted by Gasteiger charge is 2.17. The van der Waals surface area contributed by atoms with E-state index >= 15 is 0 Å². The third-order valence-corrected chi connectivity index (χ3v) is 4.79. The highest BCUT2D eigenvalue weighted by Crippen LogP contribution is 2.32. The molecule has 0 amide bonds. The Hall–Kier alpha value is -0.840. The van der Waals surface area contributed by atoms with Crippen molar-refractivity contribution >= 4 is 27.3 Å². The van der Waals surface area contributed by atoms with Gasteiger partial charge >= 0.3 is 0 Å². The molecule has 0 saturated heterocycles. The zero-order chi connectivity index (χ0) is 13.2. The summed E-state index contributed by atoms with van der Waals surface area (Å²) in [4.78, 5) is 0. The normalized spacial score (nSPS) is 13.4. The Morgan fingerprint density at radius 2 is 2.11 bits per heavy atom. The summed E-state index contributed by atoms with van der Waals surface area (Å²) in [5.74, 6) is 1.08. The fourth-order valence-electron chi connectivity index (χ4n) is 2.38. The Morgan fingerprint density at radius 1 is 1.26 bits per heavy atom. The number of thiophene rings is 1. The van der Waals surface area contributed by atoms with Crippen LogP contribution in [0.5, 0.6) is 5.75 Å². The number of rotatable bonds is 4. The van der Waals surface area contributed by atoms with Crippen LogP contribution in [0.15, 0.2) is 27.4 Å². The third kappa shape index (κ3) is 2.86. The Labute approximate surface area is 125 Å². The van der Waals surface area contributed by atoms with Crippen LogP contribution in [0, 0.1) is 6.92 Å². The van der Waals surface area contributed by atoms with Gasteiger partial charge in [0.2, 0.25) is 0 Å². The van der Waals surface area contributed by atoms with Crippen LogP contribution in [0.2, 0.25) is 0 Å². The van der Waals surface area contributed by atoms with Gasteiger partial charge in [-0.25, -0.2) is 0 Å². The van der Waals surface area contributed by atoms with Crippen LogP contribution in [0.1, 0.15) is 22.3 Å². The van der Waals surface area contributed by atoms with Crippen molar-refractivity contribution in [2.45, 2.75) is 26.4 Å². The molecular weight excluding hydrogens is 322 g/mol. The van der Waals surface area contributed by atoms with Crippen LogP contribution >= 0.6 is 27.3 Å². The fourth-order valence-corrected chi connectivity index (χ4v) is 3.79. The molecule has 1 aromatic heterocycles. The van der Waals surface area contributed by atoms with Crippen molar-refractivity contribution < 1.29 is 4.74 Å². The number of benzene rings is 1. The lowest BCUT2D eigenvalue weighted by molar-refractivity contribution is 0.352. The van der Waals surface area contributed by atoms with E-state index in [4.69, 9.17) is 4.74 Å². The van der Waals surface area contributed by atoms with Gasteiger partial charge in [-0.2, -0.15) is 11.3 Å². The number of ether oxygens (including phenoxy) is 1. The highest BCUT2D eigenvalue weighted by atomic mass is 79.9. The van der Waals surface area contributed by atoms with Gasteiger partial charge in [-0.15, -0.1) is 0 Å². The van der Waals surface area contributed by atoms with Gasteiger partial charge in [-0.1, -0.05) is 15.9 Å². The van der Waals surface area contributed by atoms with Crippen molar-refractivity contribution in [2.75, 3.05) is 6.61 Å². The molecule has 0 spiro atoms. The molecule has 0 fully saturated rings. The van der Waals surface area contributed by atoms with E-state index in [2.05, 4.69) is 51.1 Å². The molecule has 19 heavy (non-hydrogen) atoms. The third-order valence-electron chi connectivity index (χ3n) is 3.42. The largest absolute Gasteiger partial charge is 0.493 e. The van der Waals surface area contributed by atoms with E-state index in [9.17, 15) is 0 Å².